The molecule has 8 heterocycles. The molecule has 4 aliphatic heterocycles. The summed E-state index contributed by atoms with van der Waals surface area (Å²) in [7, 11) is -7.34. The average Bonchev–Trinajstić information content (AvgIpc) is 4.15. The van der Waals surface area contributed by atoms with E-state index in [0.29, 0.717) is 96.5 Å². The number of benzene rings is 2. The molecule has 27 heteroatoms. The minimum absolute atomic E-state index is 0.153. The summed E-state index contributed by atoms with van der Waals surface area (Å²) in [6.07, 6.45) is 9.10. The molecule has 0 aliphatic carbocycles. The van der Waals surface area contributed by atoms with Gasteiger partial charge >= 0.3 is 285 Å². The predicted octanol–water partition coefficient (Wildman–Crippen LogP) is 1.07. The maximum absolute atomic E-state index is 14.1. The average molecular weight is 1220 g/mol. The van der Waals surface area contributed by atoms with Crippen molar-refractivity contribution in [1.29, 1.82) is 0 Å². The molecule has 2 amide bonds. The van der Waals surface area contributed by atoms with Crippen LogP contribution in [0.15, 0.2) is 60.9 Å². The topological polar surface area (TPSA) is 264 Å². The molecular formula is C48H58Cl2IN14O8S2-. The van der Waals surface area contributed by atoms with Crippen LogP contribution in [0.25, 0.3) is 11.3 Å². The Balaban J connectivity index is 0.773. The summed E-state index contributed by atoms with van der Waals surface area (Å²) in [6, 6.07) is 11.5. The van der Waals surface area contributed by atoms with Crippen molar-refractivity contribution in [2.75, 3.05) is 71.0 Å². The first kappa shape index (κ1) is 53.3. The van der Waals surface area contributed by atoms with Gasteiger partial charge < -0.3 is 0 Å². The molecule has 6 unspecified atom stereocenters. The molecule has 4 saturated heterocycles. The molecule has 4 aliphatic rings. The zero-order valence-corrected chi connectivity index (χ0v) is 46.8. The zero-order valence-electron chi connectivity index (χ0n) is 41.5. The molecule has 6 aromatic rings. The van der Waals surface area contributed by atoms with E-state index in [0.717, 1.165) is 49.3 Å². The maximum atomic E-state index is 14.1. The van der Waals surface area contributed by atoms with Gasteiger partial charge in [0.15, 0.2) is 0 Å². The molecule has 22 nitrogen and oxygen atoms in total. The van der Waals surface area contributed by atoms with Crippen LogP contribution in [-0.4, -0.2) is 154 Å². The first-order chi connectivity index (χ1) is 35.7. The number of nitrogens with one attached hydrogen (secondary N) is 4. The second-order valence-corrected chi connectivity index (χ2v) is 26.0. The van der Waals surface area contributed by atoms with E-state index in [9.17, 15) is 36.6 Å². The van der Waals surface area contributed by atoms with Crippen LogP contribution < -0.4 is 48.1 Å². The number of rotatable bonds is 14. The Bertz CT molecular complexity index is 3200. The van der Waals surface area contributed by atoms with Crippen molar-refractivity contribution in [3.05, 3.63) is 105 Å². The third-order valence-corrected chi connectivity index (χ3v) is 17.9. The van der Waals surface area contributed by atoms with Gasteiger partial charge in [0.1, 0.15) is 0 Å². The summed E-state index contributed by atoms with van der Waals surface area (Å²) in [6.45, 7) is 6.49. The van der Waals surface area contributed by atoms with Crippen LogP contribution in [0.4, 0.5) is 23.0 Å². The van der Waals surface area contributed by atoms with Crippen molar-refractivity contribution < 1.29 is 58.4 Å². The standard InChI is InChI=1S/C48H58Cl2IN14O8S2/c1-27-21-64-43(19-35(56-64)39-9-5-7-15-62(39)47(68)31-17-29(49)11-13-33(31)58-74(3,70)71)52-45(27)60-23-37(41(66)25-60)54-51-55-38-24-61(26-42(38)67)46-28(2)22-65-44(53-46)20-36(57-65)40-10-6-8-16-63(40)48(69)32-18-30(50)12-14-34(32)59-75(4,72)73/h11-14,17-22,37-42,54-55,58-59,66-67H,5-10,15-16,23-26H2,1-4H3/q-1. The van der Waals surface area contributed by atoms with Crippen molar-refractivity contribution in [2.45, 2.75) is 88.7 Å². The molecule has 2 aromatic carbocycles. The first-order valence-corrected chi connectivity index (χ1v) is 31.3. The number of carbonyl (C=O) groups is 2. The molecule has 0 saturated carbocycles. The van der Waals surface area contributed by atoms with E-state index in [2.05, 4.69) is 26.3 Å². The van der Waals surface area contributed by atoms with Gasteiger partial charge in [0, 0.05) is 10.0 Å². The number of carbonyl (C=O) groups excluding carboxylic acids is 2. The molecule has 10 rings (SSSR count). The van der Waals surface area contributed by atoms with Crippen LogP contribution >= 0.6 is 23.2 Å². The van der Waals surface area contributed by atoms with E-state index in [1.165, 1.54) is 36.4 Å². The number of fused-ring (bicyclic) bond motifs is 2. The Hall–Kier alpha value is -5.13. The molecule has 402 valence electrons. The van der Waals surface area contributed by atoms with Crippen LogP contribution in [-0.2, 0) is 20.0 Å². The van der Waals surface area contributed by atoms with Gasteiger partial charge in [0.2, 0.25) is 20.0 Å². The molecule has 75 heavy (non-hydrogen) atoms. The number of hydrogen-bond donors (Lipinski definition) is 6. The second kappa shape index (κ2) is 21.4. The Kier molecular flexibility index (Phi) is 15.2. The fourth-order valence-electron chi connectivity index (χ4n) is 10.5. The molecule has 4 aromatic heterocycles. The van der Waals surface area contributed by atoms with E-state index in [1.54, 1.807) is 18.8 Å². The number of sulfonamides is 2. The summed E-state index contributed by atoms with van der Waals surface area (Å²) in [5, 5.41) is 33.0. The van der Waals surface area contributed by atoms with E-state index < -0.39 is 54.0 Å². The number of likely N-dealkylation sites (tertiary alicyclic amines) is 2. The molecular weight excluding hydrogens is 1160 g/mol. The predicted molar refractivity (Wildman–Crippen MR) is 281 cm³/mol. The van der Waals surface area contributed by atoms with Gasteiger partial charge in [0.05, 0.1) is 35.0 Å². The zero-order chi connectivity index (χ0) is 53.1. The normalized spacial score (nSPS) is 22.7. The van der Waals surface area contributed by atoms with Gasteiger partial charge in [-0.15, -0.1) is 0 Å². The number of nitrogens with zero attached hydrogens (tertiary/aromatic N) is 10. The number of aryl methyl sites for hydroxylation is 2. The molecule has 6 atom stereocenters. The van der Waals surface area contributed by atoms with Gasteiger partial charge in [-0.3, -0.25) is 19.0 Å². The number of halogens is 3. The van der Waals surface area contributed by atoms with Gasteiger partial charge in [-0.1, -0.05) is 23.2 Å². The van der Waals surface area contributed by atoms with E-state index in [1.807, 2.05) is 38.4 Å². The minimum atomic E-state index is -3.67. The Morgan fingerprint density at radius 1 is 0.627 bits per heavy atom. The van der Waals surface area contributed by atoms with E-state index in [4.69, 9.17) is 43.4 Å². The van der Waals surface area contributed by atoms with Crippen LogP contribution in [0.2, 0.25) is 10.0 Å². The summed E-state index contributed by atoms with van der Waals surface area (Å²) >= 11 is 11.7. The number of aromatic nitrogens is 6. The fourth-order valence-corrected chi connectivity index (χ4v) is 14.3. The van der Waals surface area contributed by atoms with Crippen molar-refractivity contribution >= 4 is 89.4 Å². The van der Waals surface area contributed by atoms with Crippen LogP contribution in [0.1, 0.15) is 93.8 Å². The molecule has 4 fully saturated rings. The molecule has 6 N–H and O–H groups in total. The number of β-amino-alcohol motifs (C(OH)–C–C–N with tert-alkyl or cyclic N) is 2. The molecule has 0 radical (unpaired) electrons. The van der Waals surface area contributed by atoms with Crippen molar-refractivity contribution in [3.63, 3.8) is 0 Å². The van der Waals surface area contributed by atoms with Crippen LogP contribution in [0.3, 0.4) is 0 Å². The Morgan fingerprint density at radius 2 is 1.04 bits per heavy atom. The third kappa shape index (κ3) is 11.6. The Labute approximate surface area is 455 Å². The SMILES string of the molecule is Cc1cn2nc(C3CCCCN3C(=O)c3cc(Cl)ccc3NS(C)(=O)=O)cc2nc1N1CC(O)C(N[I-]NC2CN(c3nc4cc(C5CCCCN5C(=O)c5cc(Cl)ccc5NS(C)(=O)=O)nn4cc3C)CC2O)C1. The van der Waals surface area contributed by atoms with Crippen molar-refractivity contribution in [1.82, 2.24) is 46.1 Å². The molecule has 0 spiro atoms. The summed E-state index contributed by atoms with van der Waals surface area (Å²) < 4.78 is 64.1. The molecule has 0 bridgehead atoms. The summed E-state index contributed by atoms with van der Waals surface area (Å²) in [5.41, 5.74) is 4.82. The summed E-state index contributed by atoms with van der Waals surface area (Å²) in [4.78, 5) is 45.8. The first-order valence-electron chi connectivity index (χ1n) is 24.6. The van der Waals surface area contributed by atoms with E-state index >= 15 is 0 Å². The number of piperidine rings is 2. The van der Waals surface area contributed by atoms with Gasteiger partial charge in [-0.25, -0.2) is 16.8 Å². The van der Waals surface area contributed by atoms with Gasteiger partial charge in [-0.2, -0.15) is 0 Å². The van der Waals surface area contributed by atoms with Crippen molar-refractivity contribution in [2.24, 2.45) is 0 Å². The number of anilines is 4. The van der Waals surface area contributed by atoms with Gasteiger partial charge in [-0.05, 0) is 49.2 Å². The monoisotopic (exact) mass is 1220 g/mol. The van der Waals surface area contributed by atoms with Crippen molar-refractivity contribution in [3.8, 4) is 0 Å². The summed E-state index contributed by atoms with van der Waals surface area (Å²) in [5.74, 6) is 0.712. The quantitative estimate of drug-likeness (QED) is 0.0658. The number of hydrogen-bond acceptors (Lipinski definition) is 16. The van der Waals surface area contributed by atoms with E-state index in [-0.39, 0.29) is 58.5 Å². The second-order valence-electron chi connectivity index (χ2n) is 19.9. The Morgan fingerprint density at radius 3 is 1.44 bits per heavy atom. The van der Waals surface area contributed by atoms with Gasteiger partial charge in [0.25, 0.3) is 0 Å². The number of amides is 2. The van der Waals surface area contributed by atoms with Crippen LogP contribution in [0.5, 0.6) is 0 Å². The number of aliphatic hydroxyl groups excluding tert-OH is 2. The van der Waals surface area contributed by atoms with Crippen LogP contribution in [0, 0.1) is 13.8 Å². The number of aliphatic hydroxyl groups is 2. The fraction of sp³-hybridized carbons (Fsp3) is 0.458. The third-order valence-electron chi connectivity index (χ3n) is 14.0.